The standard InChI is InChI=1S/C27H33F5N6O2/c1-17-2-3-19(34-25(39)38-7-5-18(16-38)14-27(30,31)32)12-21(17)22-13-23(37-8-10-40-11-9-37)36-24(35-22)33-20-4-6-26(28,29)15-20/h2-3,12-13,18,20H,4-11,14-16H2,1H3,(H,34,39)(H,33,35,36)/t18-,20+/m0/s1. The number of morpholine rings is 1. The number of ether oxygens (including phenoxy) is 1. The molecular weight excluding hydrogens is 535 g/mol. The van der Waals surface area contributed by atoms with Gasteiger partial charge in [-0.15, -0.1) is 0 Å². The molecule has 2 N–H and O–H groups in total. The number of hydrogen-bond acceptors (Lipinski definition) is 6. The largest absolute Gasteiger partial charge is 0.389 e. The molecule has 1 aliphatic carbocycles. The van der Waals surface area contributed by atoms with E-state index in [9.17, 15) is 26.7 Å². The second kappa shape index (κ2) is 11.3. The summed E-state index contributed by atoms with van der Waals surface area (Å²) in [5.41, 5.74) is 2.62. The van der Waals surface area contributed by atoms with E-state index in [0.717, 1.165) is 5.56 Å². The number of carbonyl (C=O) groups is 1. The van der Waals surface area contributed by atoms with Crippen LogP contribution >= 0.6 is 0 Å². The third-order valence-corrected chi connectivity index (χ3v) is 7.64. The normalized spacial score (nSPS) is 22.9. The Bertz CT molecular complexity index is 1220. The Kier molecular flexibility index (Phi) is 8.03. The van der Waals surface area contributed by atoms with Crippen molar-refractivity contribution >= 4 is 23.5 Å². The van der Waals surface area contributed by atoms with Crippen molar-refractivity contribution in [3.63, 3.8) is 0 Å². The second-order valence-electron chi connectivity index (χ2n) is 10.9. The maximum Gasteiger partial charge on any atom is 0.389 e. The van der Waals surface area contributed by atoms with Crippen LogP contribution in [-0.2, 0) is 4.74 Å². The Morgan fingerprint density at radius 2 is 1.90 bits per heavy atom. The summed E-state index contributed by atoms with van der Waals surface area (Å²) >= 11 is 0. The van der Waals surface area contributed by atoms with E-state index in [4.69, 9.17) is 4.74 Å². The highest BCUT2D eigenvalue weighted by Gasteiger charge is 2.40. The summed E-state index contributed by atoms with van der Waals surface area (Å²) in [6.45, 7) is 4.53. The summed E-state index contributed by atoms with van der Waals surface area (Å²) in [6, 6.07) is 6.23. The molecule has 1 aromatic heterocycles. The Labute approximate surface area is 229 Å². The van der Waals surface area contributed by atoms with Crippen LogP contribution in [0.5, 0.6) is 0 Å². The van der Waals surface area contributed by atoms with Crippen LogP contribution in [-0.4, -0.2) is 78.4 Å². The molecule has 0 bridgehead atoms. The lowest BCUT2D eigenvalue weighted by molar-refractivity contribution is -0.143. The number of carbonyl (C=O) groups excluding carboxylic acids is 1. The first-order chi connectivity index (χ1) is 18.9. The van der Waals surface area contributed by atoms with Gasteiger partial charge in [0.2, 0.25) is 11.9 Å². The van der Waals surface area contributed by atoms with Crippen molar-refractivity contribution in [3.05, 3.63) is 29.8 Å². The average molecular weight is 569 g/mol. The van der Waals surface area contributed by atoms with Crippen LogP contribution in [0.1, 0.15) is 37.7 Å². The lowest BCUT2D eigenvalue weighted by Gasteiger charge is -2.28. The number of amides is 2. The van der Waals surface area contributed by atoms with Crippen molar-refractivity contribution in [2.45, 2.75) is 57.2 Å². The number of hydrogen-bond donors (Lipinski definition) is 2. The molecule has 13 heteroatoms. The number of urea groups is 1. The number of aromatic nitrogens is 2. The summed E-state index contributed by atoms with van der Waals surface area (Å²) in [4.78, 5) is 25.6. The van der Waals surface area contributed by atoms with Gasteiger partial charge in [-0.05, 0) is 43.4 Å². The van der Waals surface area contributed by atoms with E-state index < -0.39 is 36.5 Å². The highest BCUT2D eigenvalue weighted by molar-refractivity contribution is 5.90. The second-order valence-corrected chi connectivity index (χ2v) is 10.9. The summed E-state index contributed by atoms with van der Waals surface area (Å²) in [5.74, 6) is -2.43. The molecule has 5 rings (SSSR count). The van der Waals surface area contributed by atoms with Crippen LogP contribution in [0.2, 0.25) is 0 Å². The number of alkyl halides is 5. The predicted octanol–water partition coefficient (Wildman–Crippen LogP) is 5.69. The van der Waals surface area contributed by atoms with E-state index >= 15 is 0 Å². The zero-order chi connectivity index (χ0) is 28.5. The summed E-state index contributed by atoms with van der Waals surface area (Å²) < 4.78 is 71.4. The fourth-order valence-corrected chi connectivity index (χ4v) is 5.54. The van der Waals surface area contributed by atoms with Gasteiger partial charge in [-0.2, -0.15) is 18.2 Å². The molecule has 2 aliphatic heterocycles. The van der Waals surface area contributed by atoms with Crippen LogP contribution in [0.3, 0.4) is 0 Å². The third kappa shape index (κ3) is 7.10. The zero-order valence-electron chi connectivity index (χ0n) is 22.2. The van der Waals surface area contributed by atoms with Crippen LogP contribution < -0.4 is 15.5 Å². The number of halogens is 5. The molecule has 2 amide bonds. The van der Waals surface area contributed by atoms with Crippen molar-refractivity contribution in [2.75, 3.05) is 54.9 Å². The number of aryl methyl sites for hydroxylation is 1. The molecule has 2 atom stereocenters. The number of anilines is 3. The monoisotopic (exact) mass is 568 g/mol. The molecule has 0 spiro atoms. The minimum Gasteiger partial charge on any atom is -0.378 e. The van der Waals surface area contributed by atoms with E-state index in [2.05, 4.69) is 25.5 Å². The van der Waals surface area contributed by atoms with Crippen molar-refractivity contribution in [3.8, 4) is 11.3 Å². The quantitative estimate of drug-likeness (QED) is 0.436. The van der Waals surface area contributed by atoms with Gasteiger partial charge in [0, 0.05) is 68.8 Å². The zero-order valence-corrected chi connectivity index (χ0v) is 22.2. The first-order valence-corrected chi connectivity index (χ1v) is 13.5. The van der Waals surface area contributed by atoms with Crippen molar-refractivity contribution in [2.24, 2.45) is 5.92 Å². The highest BCUT2D eigenvalue weighted by atomic mass is 19.4. The van der Waals surface area contributed by atoms with Gasteiger partial charge in [0.1, 0.15) is 5.82 Å². The summed E-state index contributed by atoms with van der Waals surface area (Å²) in [5, 5.41) is 5.89. The first kappa shape index (κ1) is 28.3. The third-order valence-electron chi connectivity index (χ3n) is 7.64. The Balaban J connectivity index is 1.37. The minimum atomic E-state index is -4.26. The fraction of sp³-hybridized carbons (Fsp3) is 0.593. The maximum atomic E-state index is 13.8. The van der Waals surface area contributed by atoms with Gasteiger partial charge in [-0.1, -0.05) is 6.07 Å². The number of likely N-dealkylation sites (tertiary alicyclic amines) is 1. The van der Waals surface area contributed by atoms with Crippen molar-refractivity contribution in [1.29, 1.82) is 0 Å². The average Bonchev–Trinajstić information content (AvgIpc) is 3.49. The Morgan fingerprint density at radius 1 is 1.12 bits per heavy atom. The van der Waals surface area contributed by atoms with Crippen LogP contribution in [0.25, 0.3) is 11.3 Å². The number of benzene rings is 1. The molecule has 1 saturated carbocycles. The van der Waals surface area contributed by atoms with Gasteiger partial charge >= 0.3 is 12.2 Å². The number of rotatable bonds is 6. The SMILES string of the molecule is Cc1ccc(NC(=O)N2CC[C@@H](CC(F)(F)F)C2)cc1-c1cc(N2CCOCC2)nc(N[C@@H]2CCC(F)(F)C2)n1. The highest BCUT2D eigenvalue weighted by Crippen LogP contribution is 2.37. The number of nitrogens with zero attached hydrogens (tertiary/aromatic N) is 4. The number of nitrogens with one attached hydrogen (secondary N) is 2. The van der Waals surface area contributed by atoms with E-state index in [-0.39, 0.29) is 31.9 Å². The molecule has 8 nitrogen and oxygen atoms in total. The maximum absolute atomic E-state index is 13.8. The summed E-state index contributed by atoms with van der Waals surface area (Å²) in [7, 11) is 0. The van der Waals surface area contributed by atoms with Gasteiger partial charge in [-0.25, -0.2) is 18.6 Å². The summed E-state index contributed by atoms with van der Waals surface area (Å²) in [6.07, 6.45) is -5.01. The molecule has 1 aromatic carbocycles. The predicted molar refractivity (Wildman–Crippen MR) is 141 cm³/mol. The van der Waals surface area contributed by atoms with Crippen molar-refractivity contribution in [1.82, 2.24) is 14.9 Å². The Hall–Kier alpha value is -3.22. The van der Waals surface area contributed by atoms with E-state index in [1.54, 1.807) is 12.1 Å². The smallest absolute Gasteiger partial charge is 0.378 e. The molecule has 0 unspecified atom stereocenters. The molecule has 3 fully saturated rings. The van der Waals surface area contributed by atoms with E-state index in [1.807, 2.05) is 19.1 Å². The van der Waals surface area contributed by atoms with E-state index in [0.29, 0.717) is 61.9 Å². The van der Waals surface area contributed by atoms with E-state index in [1.165, 1.54) is 4.90 Å². The molecule has 3 aliphatic rings. The molecular formula is C27H33F5N6O2. The van der Waals surface area contributed by atoms with Gasteiger partial charge in [0.15, 0.2) is 0 Å². The van der Waals surface area contributed by atoms with Crippen molar-refractivity contribution < 1.29 is 31.5 Å². The van der Waals surface area contributed by atoms with Gasteiger partial charge in [0.05, 0.1) is 18.9 Å². The lowest BCUT2D eigenvalue weighted by Crippen LogP contribution is -2.37. The fourth-order valence-electron chi connectivity index (χ4n) is 5.54. The van der Waals surface area contributed by atoms with Crippen LogP contribution in [0, 0.1) is 12.8 Å². The lowest BCUT2D eigenvalue weighted by atomic mass is 10.0. The molecule has 2 saturated heterocycles. The molecule has 3 heterocycles. The molecule has 2 aromatic rings. The topological polar surface area (TPSA) is 82.6 Å². The molecule has 218 valence electrons. The Morgan fingerprint density at radius 3 is 2.60 bits per heavy atom. The molecule has 0 radical (unpaired) electrons. The van der Waals surface area contributed by atoms with Gasteiger partial charge in [0.25, 0.3) is 0 Å². The molecule has 40 heavy (non-hydrogen) atoms. The first-order valence-electron chi connectivity index (χ1n) is 13.5. The van der Waals surface area contributed by atoms with Gasteiger partial charge < -0.3 is 25.2 Å². The minimum absolute atomic E-state index is 0.0497. The van der Waals surface area contributed by atoms with Crippen LogP contribution in [0.15, 0.2) is 24.3 Å². The van der Waals surface area contributed by atoms with Crippen LogP contribution in [0.4, 0.5) is 44.2 Å². The van der Waals surface area contributed by atoms with Gasteiger partial charge in [-0.3, -0.25) is 0 Å².